The Bertz CT molecular complexity index is 803. The summed E-state index contributed by atoms with van der Waals surface area (Å²) in [4.78, 5) is 50.1. The van der Waals surface area contributed by atoms with E-state index in [1.165, 1.54) is 0 Å². The number of aromatic nitrogens is 1. The van der Waals surface area contributed by atoms with Crippen LogP contribution in [0, 0.1) is 5.92 Å². The van der Waals surface area contributed by atoms with Gasteiger partial charge in [-0.3, -0.25) is 14.6 Å². The Morgan fingerprint density at radius 2 is 2.00 bits per heavy atom. The molecule has 0 radical (unpaired) electrons. The number of rotatable bonds is 10. The highest BCUT2D eigenvalue weighted by Crippen LogP contribution is 2.29. The predicted octanol–water partition coefficient (Wildman–Crippen LogP) is 1.09. The molecule has 32 heavy (non-hydrogen) atoms. The number of urea groups is 1. The molecule has 9 heteroatoms. The van der Waals surface area contributed by atoms with Gasteiger partial charge in [0.2, 0.25) is 11.8 Å². The third-order valence-electron chi connectivity index (χ3n) is 6.12. The number of carbonyl (C=O) groups is 3. The highest BCUT2D eigenvalue weighted by molar-refractivity contribution is 5.91. The number of piperazine rings is 1. The lowest BCUT2D eigenvalue weighted by molar-refractivity contribution is -0.143. The van der Waals surface area contributed by atoms with Crippen molar-refractivity contribution in [2.75, 3.05) is 53.5 Å². The Hall–Kier alpha value is -2.68. The molecular formula is C23H35N5O4. The van der Waals surface area contributed by atoms with Crippen molar-refractivity contribution in [3.63, 3.8) is 0 Å². The Morgan fingerprint density at radius 1 is 1.25 bits per heavy atom. The largest absolute Gasteiger partial charge is 0.383 e. The average Bonchev–Trinajstić information content (AvgIpc) is 3.08. The molecule has 2 aliphatic heterocycles. The molecule has 0 spiro atoms. The number of hydrogen-bond donors (Lipinski definition) is 0. The predicted molar refractivity (Wildman–Crippen MR) is 120 cm³/mol. The zero-order chi connectivity index (χ0) is 23.3. The van der Waals surface area contributed by atoms with Gasteiger partial charge in [-0.2, -0.15) is 0 Å². The SMILES string of the molecule is COCCN1CC2CN(CC(=O)N(C)CCc3ccccn3)C(=O)N2C(CC(C)C)C1=O. The van der Waals surface area contributed by atoms with Crippen LogP contribution in [0.4, 0.5) is 4.79 Å². The fraction of sp³-hybridized carbons (Fsp3) is 0.652. The molecule has 3 rings (SSSR count). The number of nitrogens with zero attached hydrogens (tertiary/aromatic N) is 5. The first-order valence-electron chi connectivity index (χ1n) is 11.3. The lowest BCUT2D eigenvalue weighted by atomic mass is 9.97. The fourth-order valence-electron chi connectivity index (χ4n) is 4.38. The fourth-order valence-corrected chi connectivity index (χ4v) is 4.38. The molecule has 1 aromatic heterocycles. The van der Waals surface area contributed by atoms with Gasteiger partial charge >= 0.3 is 6.03 Å². The summed E-state index contributed by atoms with van der Waals surface area (Å²) < 4.78 is 5.16. The molecule has 0 aliphatic carbocycles. The first-order valence-corrected chi connectivity index (χ1v) is 11.3. The van der Waals surface area contributed by atoms with Crippen molar-refractivity contribution in [3.05, 3.63) is 30.1 Å². The number of likely N-dealkylation sites (N-methyl/N-ethyl adjacent to an activating group) is 1. The molecule has 2 aliphatic rings. The smallest absolute Gasteiger partial charge is 0.321 e. The third kappa shape index (κ3) is 5.56. The number of hydrogen-bond acceptors (Lipinski definition) is 5. The monoisotopic (exact) mass is 445 g/mol. The molecule has 2 saturated heterocycles. The first-order chi connectivity index (χ1) is 15.3. The quantitative estimate of drug-likeness (QED) is 0.538. The second-order valence-corrected chi connectivity index (χ2v) is 9.03. The molecule has 2 atom stereocenters. The normalized spacial score (nSPS) is 20.8. The van der Waals surface area contributed by atoms with Gasteiger partial charge in [0.25, 0.3) is 0 Å². The summed E-state index contributed by atoms with van der Waals surface area (Å²) in [6.45, 7) is 6.55. The molecule has 9 nitrogen and oxygen atoms in total. The summed E-state index contributed by atoms with van der Waals surface area (Å²) >= 11 is 0. The van der Waals surface area contributed by atoms with Crippen molar-refractivity contribution in [3.8, 4) is 0 Å². The number of pyridine rings is 1. The second kappa shape index (κ2) is 10.8. The zero-order valence-electron chi connectivity index (χ0n) is 19.6. The summed E-state index contributed by atoms with van der Waals surface area (Å²) in [5.41, 5.74) is 0.924. The van der Waals surface area contributed by atoms with Crippen LogP contribution in [0.1, 0.15) is 26.0 Å². The van der Waals surface area contributed by atoms with Crippen LogP contribution in [0.5, 0.6) is 0 Å². The Kier molecular flexibility index (Phi) is 8.06. The molecule has 176 valence electrons. The van der Waals surface area contributed by atoms with Crippen LogP contribution >= 0.6 is 0 Å². The van der Waals surface area contributed by atoms with Gasteiger partial charge in [0.15, 0.2) is 0 Å². The summed E-state index contributed by atoms with van der Waals surface area (Å²) in [6, 6.07) is 4.91. The van der Waals surface area contributed by atoms with Crippen LogP contribution in [0.3, 0.4) is 0 Å². The number of methoxy groups -OCH3 is 1. The Labute approximate surface area is 190 Å². The minimum Gasteiger partial charge on any atom is -0.383 e. The number of carbonyl (C=O) groups excluding carboxylic acids is 3. The molecule has 3 heterocycles. The maximum absolute atomic E-state index is 13.2. The molecule has 2 fully saturated rings. The molecule has 0 saturated carbocycles. The van der Waals surface area contributed by atoms with E-state index in [2.05, 4.69) is 18.8 Å². The highest BCUT2D eigenvalue weighted by Gasteiger charge is 2.49. The van der Waals surface area contributed by atoms with Crippen molar-refractivity contribution in [2.45, 2.75) is 38.8 Å². The standard InChI is InChI=1S/C23H35N5O4/c1-17(2)13-20-22(30)26(11-12-32-4)14-19-15-27(23(31)28(19)20)16-21(29)25(3)10-8-18-7-5-6-9-24-18/h5-7,9,17,19-20H,8,10-16H2,1-4H3. The molecule has 0 bridgehead atoms. The van der Waals surface area contributed by atoms with E-state index < -0.39 is 6.04 Å². The second-order valence-electron chi connectivity index (χ2n) is 9.03. The summed E-state index contributed by atoms with van der Waals surface area (Å²) in [7, 11) is 3.36. The highest BCUT2D eigenvalue weighted by atomic mass is 16.5. The third-order valence-corrected chi connectivity index (χ3v) is 6.12. The maximum atomic E-state index is 13.2. The molecule has 4 amide bonds. The van der Waals surface area contributed by atoms with Gasteiger partial charge in [-0.25, -0.2) is 4.79 Å². The van der Waals surface area contributed by atoms with Crippen molar-refractivity contribution >= 4 is 17.8 Å². The summed E-state index contributed by atoms with van der Waals surface area (Å²) in [5, 5.41) is 0. The van der Waals surface area contributed by atoms with E-state index in [9.17, 15) is 14.4 Å². The van der Waals surface area contributed by atoms with Crippen LogP contribution in [0.15, 0.2) is 24.4 Å². The van der Waals surface area contributed by atoms with E-state index in [1.807, 2.05) is 18.2 Å². The summed E-state index contributed by atoms with van der Waals surface area (Å²) in [5.74, 6) is 0.131. The molecular weight excluding hydrogens is 410 g/mol. The minimum atomic E-state index is -0.486. The lowest BCUT2D eigenvalue weighted by Gasteiger charge is -2.42. The van der Waals surface area contributed by atoms with Gasteiger partial charge in [-0.05, 0) is 24.5 Å². The lowest BCUT2D eigenvalue weighted by Crippen LogP contribution is -2.61. The van der Waals surface area contributed by atoms with Gasteiger partial charge in [0.05, 0.1) is 12.6 Å². The number of ether oxygens (including phenoxy) is 1. The van der Waals surface area contributed by atoms with Crippen molar-refractivity contribution in [2.24, 2.45) is 5.92 Å². The molecule has 2 unspecified atom stereocenters. The van der Waals surface area contributed by atoms with E-state index in [0.717, 1.165) is 5.69 Å². The van der Waals surface area contributed by atoms with Crippen LogP contribution in [0.25, 0.3) is 0 Å². The minimum absolute atomic E-state index is 0.0191. The van der Waals surface area contributed by atoms with Gasteiger partial charge in [-0.1, -0.05) is 19.9 Å². The van der Waals surface area contributed by atoms with Crippen molar-refractivity contribution in [1.82, 2.24) is 24.6 Å². The van der Waals surface area contributed by atoms with Gasteiger partial charge in [0, 0.05) is 58.6 Å². The maximum Gasteiger partial charge on any atom is 0.321 e. The van der Waals surface area contributed by atoms with Gasteiger partial charge in [-0.15, -0.1) is 0 Å². The summed E-state index contributed by atoms with van der Waals surface area (Å²) in [6.07, 6.45) is 3.00. The first kappa shape index (κ1) is 24.0. The van der Waals surface area contributed by atoms with E-state index in [4.69, 9.17) is 4.74 Å². The van der Waals surface area contributed by atoms with Crippen LogP contribution in [0.2, 0.25) is 0 Å². The number of fused-ring (bicyclic) bond motifs is 1. The van der Waals surface area contributed by atoms with E-state index in [1.54, 1.807) is 40.0 Å². The van der Waals surface area contributed by atoms with Crippen LogP contribution in [-0.4, -0.2) is 108 Å². The number of amides is 4. The topological polar surface area (TPSA) is 86.3 Å². The Balaban J connectivity index is 1.63. The van der Waals surface area contributed by atoms with Crippen molar-refractivity contribution in [1.29, 1.82) is 0 Å². The van der Waals surface area contributed by atoms with Crippen LogP contribution in [-0.2, 0) is 20.7 Å². The zero-order valence-corrected chi connectivity index (χ0v) is 19.6. The average molecular weight is 446 g/mol. The molecule has 0 aromatic carbocycles. The molecule has 1 aromatic rings. The van der Waals surface area contributed by atoms with Gasteiger partial charge < -0.3 is 24.3 Å². The van der Waals surface area contributed by atoms with E-state index in [0.29, 0.717) is 45.6 Å². The van der Waals surface area contributed by atoms with Gasteiger partial charge in [0.1, 0.15) is 12.6 Å². The van der Waals surface area contributed by atoms with E-state index in [-0.39, 0.29) is 36.3 Å². The Morgan fingerprint density at radius 3 is 2.66 bits per heavy atom. The molecule has 0 N–H and O–H groups in total. The van der Waals surface area contributed by atoms with E-state index >= 15 is 0 Å². The van der Waals surface area contributed by atoms with Crippen molar-refractivity contribution < 1.29 is 19.1 Å². The van der Waals surface area contributed by atoms with Crippen LogP contribution < -0.4 is 0 Å².